The first-order valence-corrected chi connectivity index (χ1v) is 13.8. The molecule has 0 aromatic heterocycles. The van der Waals surface area contributed by atoms with Crippen LogP contribution in [0.2, 0.25) is 0 Å². The Morgan fingerprint density at radius 3 is 2.52 bits per heavy atom. The number of likely N-dealkylation sites (tertiary alicyclic amines) is 1. The van der Waals surface area contributed by atoms with Gasteiger partial charge in [-0.05, 0) is 92.3 Å². The summed E-state index contributed by atoms with van der Waals surface area (Å²) in [4.78, 5) is 0. The van der Waals surface area contributed by atoms with Crippen LogP contribution in [0.4, 0.5) is 0 Å². The molecule has 4 fully saturated rings. The van der Waals surface area contributed by atoms with Crippen molar-refractivity contribution in [2.75, 3.05) is 20.6 Å². The number of fused-ring (bicyclic) bond motifs is 5. The second kappa shape index (κ2) is 7.59. The summed E-state index contributed by atoms with van der Waals surface area (Å²) >= 11 is 0. The van der Waals surface area contributed by atoms with E-state index in [2.05, 4.69) is 47.9 Å². The summed E-state index contributed by atoms with van der Waals surface area (Å²) in [6.45, 7) is 11.8. The van der Waals surface area contributed by atoms with Crippen molar-refractivity contribution >= 4 is 0 Å². The van der Waals surface area contributed by atoms with Crippen LogP contribution in [-0.4, -0.2) is 42.4 Å². The van der Waals surface area contributed by atoms with Gasteiger partial charge in [-0.25, -0.2) is 0 Å². The number of piperidine rings is 1. The van der Waals surface area contributed by atoms with Gasteiger partial charge in [0.2, 0.25) is 0 Å². The van der Waals surface area contributed by atoms with Gasteiger partial charge >= 0.3 is 0 Å². The van der Waals surface area contributed by atoms with E-state index in [1.54, 1.807) is 5.57 Å². The topological polar surface area (TPSA) is 20.2 Å². The van der Waals surface area contributed by atoms with Crippen molar-refractivity contribution in [3.63, 3.8) is 0 Å². The highest BCUT2D eigenvalue weighted by Gasteiger charge is 2.60. The summed E-state index contributed by atoms with van der Waals surface area (Å²) in [7, 11) is 5.04. The average molecular weight is 429 g/mol. The van der Waals surface area contributed by atoms with E-state index in [1.807, 2.05) is 0 Å². The minimum absolute atomic E-state index is 0.0823. The van der Waals surface area contributed by atoms with Crippen molar-refractivity contribution in [3.8, 4) is 0 Å². The number of nitrogens with zero attached hydrogens (tertiary/aromatic N) is 1. The van der Waals surface area contributed by atoms with E-state index in [0.717, 1.165) is 54.4 Å². The summed E-state index contributed by atoms with van der Waals surface area (Å²) in [5, 5.41) is 10.3. The molecule has 1 heterocycles. The summed E-state index contributed by atoms with van der Waals surface area (Å²) < 4.78 is 1.25. The Bertz CT molecular complexity index is 726. The molecule has 1 saturated heterocycles. The fourth-order valence-corrected chi connectivity index (χ4v) is 10.5. The first kappa shape index (κ1) is 22.5. The van der Waals surface area contributed by atoms with Crippen LogP contribution in [-0.2, 0) is 0 Å². The molecule has 31 heavy (non-hydrogen) atoms. The summed E-state index contributed by atoms with van der Waals surface area (Å²) in [5.41, 5.74) is 2.56. The molecule has 3 saturated carbocycles. The number of aliphatic hydroxyl groups excluding tert-OH is 1. The summed E-state index contributed by atoms with van der Waals surface area (Å²) in [6.07, 6.45) is 15.7. The highest BCUT2D eigenvalue weighted by atomic mass is 16.3. The van der Waals surface area contributed by atoms with E-state index in [4.69, 9.17) is 0 Å². The van der Waals surface area contributed by atoms with Crippen LogP contribution < -0.4 is 0 Å². The Morgan fingerprint density at radius 2 is 1.77 bits per heavy atom. The second-order valence-corrected chi connectivity index (χ2v) is 14.0. The first-order valence-electron chi connectivity index (χ1n) is 13.8. The van der Waals surface area contributed by atoms with Crippen molar-refractivity contribution in [2.24, 2.45) is 46.3 Å². The lowest BCUT2D eigenvalue weighted by atomic mass is 9.47. The fourth-order valence-electron chi connectivity index (χ4n) is 10.5. The molecule has 5 rings (SSSR count). The van der Waals surface area contributed by atoms with E-state index >= 15 is 0 Å². The maximum Gasteiger partial charge on any atom is 0.0915 e. The van der Waals surface area contributed by atoms with Gasteiger partial charge in [-0.1, -0.05) is 39.3 Å². The molecule has 0 amide bonds. The third kappa shape index (κ3) is 3.40. The third-order valence-electron chi connectivity index (χ3n) is 12.0. The van der Waals surface area contributed by atoms with Crippen molar-refractivity contribution in [2.45, 2.75) is 104 Å². The van der Waals surface area contributed by atoms with E-state index < -0.39 is 0 Å². The number of rotatable bonds is 2. The Morgan fingerprint density at radius 1 is 1.00 bits per heavy atom. The molecule has 176 valence electrons. The molecule has 2 nitrogen and oxygen atoms in total. The zero-order valence-corrected chi connectivity index (χ0v) is 21.4. The van der Waals surface area contributed by atoms with Crippen LogP contribution >= 0.6 is 0 Å². The van der Waals surface area contributed by atoms with Gasteiger partial charge in [0.25, 0.3) is 0 Å². The van der Waals surface area contributed by atoms with E-state index in [1.165, 1.54) is 62.4 Å². The number of quaternary nitrogens is 1. The lowest BCUT2D eigenvalue weighted by molar-refractivity contribution is -0.927. The molecule has 1 aliphatic heterocycles. The molecule has 0 bridgehead atoms. The number of hydrogen-bond donors (Lipinski definition) is 1. The minimum Gasteiger partial charge on any atom is -0.393 e. The fraction of sp³-hybridized carbons (Fsp3) is 0.931. The summed E-state index contributed by atoms with van der Waals surface area (Å²) in [5.74, 6) is 5.35. The molecule has 0 aromatic rings. The van der Waals surface area contributed by atoms with Crippen LogP contribution in [0.5, 0.6) is 0 Å². The molecule has 0 unspecified atom stereocenters. The van der Waals surface area contributed by atoms with Gasteiger partial charge in [0, 0.05) is 18.3 Å². The van der Waals surface area contributed by atoms with Crippen LogP contribution in [0.1, 0.15) is 91.9 Å². The Balaban J connectivity index is 1.38. The minimum atomic E-state index is -0.0823. The Labute approximate surface area is 192 Å². The Hall–Kier alpha value is -0.340. The standard InChI is InChI=1S/C29H50NO/c1-19-7-12-27(30(5,6)18-19)20(2)24-10-11-25-23-9-8-21-17-22(31)13-15-28(21,3)26(23)14-16-29(24,25)4/h8,19-20,22-27,31H,7,9-18H2,1-6H3/q+1/t19-,20-,22+,23-,24+,25-,26-,27-,28+,29-/m1/s1. The largest absolute Gasteiger partial charge is 0.393 e. The number of aliphatic hydroxyl groups is 1. The molecule has 2 heteroatoms. The molecule has 0 aromatic carbocycles. The van der Waals surface area contributed by atoms with E-state index in [0.29, 0.717) is 10.8 Å². The molecule has 0 radical (unpaired) electrons. The second-order valence-electron chi connectivity index (χ2n) is 14.0. The Kier molecular flexibility index (Phi) is 5.50. The van der Waals surface area contributed by atoms with Crippen LogP contribution in [0.3, 0.4) is 0 Å². The van der Waals surface area contributed by atoms with Crippen LogP contribution in [0.25, 0.3) is 0 Å². The number of hydrogen-bond acceptors (Lipinski definition) is 1. The smallest absolute Gasteiger partial charge is 0.0915 e. The van der Waals surface area contributed by atoms with E-state index in [-0.39, 0.29) is 6.10 Å². The van der Waals surface area contributed by atoms with Crippen LogP contribution in [0.15, 0.2) is 11.6 Å². The quantitative estimate of drug-likeness (QED) is 0.396. The van der Waals surface area contributed by atoms with Gasteiger partial charge in [0.15, 0.2) is 0 Å². The molecular weight excluding hydrogens is 378 g/mol. The van der Waals surface area contributed by atoms with Crippen molar-refractivity contribution in [1.82, 2.24) is 0 Å². The lowest BCUT2D eigenvalue weighted by Crippen LogP contribution is -2.59. The molecule has 5 aliphatic rings. The molecule has 0 spiro atoms. The monoisotopic (exact) mass is 428 g/mol. The van der Waals surface area contributed by atoms with Crippen LogP contribution in [0, 0.1) is 46.3 Å². The van der Waals surface area contributed by atoms with Gasteiger partial charge in [0.1, 0.15) is 0 Å². The third-order valence-corrected chi connectivity index (χ3v) is 12.0. The van der Waals surface area contributed by atoms with Gasteiger partial charge < -0.3 is 9.59 Å². The number of allylic oxidation sites excluding steroid dienone is 1. The normalized spacial score (nSPS) is 52.5. The molecule has 4 aliphatic carbocycles. The van der Waals surface area contributed by atoms with Gasteiger partial charge in [-0.2, -0.15) is 0 Å². The maximum absolute atomic E-state index is 10.3. The van der Waals surface area contributed by atoms with Gasteiger partial charge in [0.05, 0.1) is 32.8 Å². The van der Waals surface area contributed by atoms with Crippen molar-refractivity contribution < 1.29 is 9.59 Å². The van der Waals surface area contributed by atoms with Crippen molar-refractivity contribution in [3.05, 3.63) is 11.6 Å². The highest BCUT2D eigenvalue weighted by Crippen LogP contribution is 2.67. The lowest BCUT2D eigenvalue weighted by Gasteiger charge is -2.59. The van der Waals surface area contributed by atoms with Gasteiger partial charge in [-0.3, -0.25) is 0 Å². The zero-order chi connectivity index (χ0) is 22.2. The average Bonchev–Trinajstić information content (AvgIpc) is 3.04. The molecule has 1 N–H and O–H groups in total. The summed E-state index contributed by atoms with van der Waals surface area (Å²) in [6, 6.07) is 0.852. The predicted molar refractivity (Wildman–Crippen MR) is 130 cm³/mol. The van der Waals surface area contributed by atoms with E-state index in [9.17, 15) is 5.11 Å². The maximum atomic E-state index is 10.3. The van der Waals surface area contributed by atoms with Gasteiger partial charge in [-0.15, -0.1) is 0 Å². The first-order chi connectivity index (χ1) is 14.6. The molecular formula is C29H50NO+. The SMILES string of the molecule is C[C@@H]1CC[C@H]([C@H](C)[C@@H]2CC[C@@H]3[C@H]4CC=C5C[C@@H](O)CC[C@]5(C)[C@@H]4CC[C@@]32C)[N+](C)(C)C1. The highest BCUT2D eigenvalue weighted by molar-refractivity contribution is 5.25. The zero-order valence-electron chi connectivity index (χ0n) is 21.4. The predicted octanol–water partition coefficient (Wildman–Crippen LogP) is 6.44. The van der Waals surface area contributed by atoms with Crippen molar-refractivity contribution in [1.29, 1.82) is 0 Å². The molecule has 10 atom stereocenters.